The molecule has 0 spiro atoms. The van der Waals surface area contributed by atoms with E-state index in [-0.39, 0.29) is 11.6 Å². The molecule has 0 radical (unpaired) electrons. The molecule has 0 amide bonds. The average Bonchev–Trinajstić information content (AvgIpc) is 2.32. The molecule has 0 aliphatic carbocycles. The first-order valence-corrected chi connectivity index (χ1v) is 7.19. The summed E-state index contributed by atoms with van der Waals surface area (Å²) in [7, 11) is 0. The van der Waals surface area contributed by atoms with Gasteiger partial charge < -0.3 is 5.11 Å². The quantitative estimate of drug-likeness (QED) is 0.513. The van der Waals surface area contributed by atoms with Crippen molar-refractivity contribution in [1.82, 2.24) is 0 Å². The fourth-order valence-corrected chi connectivity index (χ4v) is 3.27. The average molecular weight is 467 g/mol. The predicted molar refractivity (Wildman–Crippen MR) is 87.2 cm³/mol. The molecule has 0 aliphatic heterocycles. The van der Waals surface area contributed by atoms with Crippen LogP contribution in [0.15, 0.2) is 41.4 Å². The molecule has 92 valence electrons. The second kappa shape index (κ2) is 5.96. The van der Waals surface area contributed by atoms with E-state index >= 15 is 0 Å². The van der Waals surface area contributed by atoms with Gasteiger partial charge in [-0.2, -0.15) is 0 Å². The van der Waals surface area contributed by atoms with E-state index in [1.807, 2.05) is 12.1 Å². The molecule has 18 heavy (non-hydrogen) atoms. The number of hydrogen-bond acceptors (Lipinski definition) is 2. The highest BCUT2D eigenvalue weighted by molar-refractivity contribution is 14.1. The van der Waals surface area contributed by atoms with Gasteiger partial charge in [-0.1, -0.05) is 6.07 Å². The first kappa shape index (κ1) is 13.7. The molecule has 0 saturated carbocycles. The maximum Gasteiger partial charge on any atom is 0.137 e. The lowest BCUT2D eigenvalue weighted by molar-refractivity contribution is 0.470. The molecule has 0 atom stereocenters. The Hall–Kier alpha value is -0.700. The van der Waals surface area contributed by atoms with Crippen LogP contribution in [0.25, 0.3) is 0 Å². The summed E-state index contributed by atoms with van der Waals surface area (Å²) in [6.07, 6.45) is 1.54. The van der Waals surface area contributed by atoms with E-state index in [2.05, 4.69) is 50.2 Å². The molecular formula is C13H8FI2NO. The molecule has 2 aromatic carbocycles. The summed E-state index contributed by atoms with van der Waals surface area (Å²) < 4.78 is 14.7. The number of halogens is 3. The summed E-state index contributed by atoms with van der Waals surface area (Å²) in [6.45, 7) is 0. The summed E-state index contributed by atoms with van der Waals surface area (Å²) in [5.74, 6) is -0.137. The zero-order valence-corrected chi connectivity index (χ0v) is 13.4. The summed E-state index contributed by atoms with van der Waals surface area (Å²) in [4.78, 5) is 4.15. The van der Waals surface area contributed by atoms with Crippen molar-refractivity contribution in [2.24, 2.45) is 4.99 Å². The highest BCUT2D eigenvalue weighted by Crippen LogP contribution is 2.26. The van der Waals surface area contributed by atoms with Crippen molar-refractivity contribution in [2.75, 3.05) is 0 Å². The molecular weight excluding hydrogens is 459 g/mol. The maximum absolute atomic E-state index is 13.0. The first-order valence-electron chi connectivity index (χ1n) is 5.04. The van der Waals surface area contributed by atoms with Crippen LogP contribution in [0.4, 0.5) is 10.1 Å². The highest BCUT2D eigenvalue weighted by Gasteiger charge is 2.05. The summed E-state index contributed by atoms with van der Waals surface area (Å²) in [5.41, 5.74) is 1.14. The molecule has 0 unspecified atom stereocenters. The molecule has 0 aromatic heterocycles. The predicted octanol–water partition coefficient (Wildman–Crippen LogP) is 4.49. The van der Waals surface area contributed by atoms with Crippen LogP contribution >= 0.6 is 45.2 Å². The lowest BCUT2D eigenvalue weighted by Gasteiger charge is -2.02. The fourth-order valence-electron chi connectivity index (χ4n) is 1.38. The Balaban J connectivity index is 2.34. The van der Waals surface area contributed by atoms with Crippen molar-refractivity contribution < 1.29 is 9.50 Å². The van der Waals surface area contributed by atoms with Crippen LogP contribution in [0.5, 0.6) is 5.75 Å². The molecule has 0 bridgehead atoms. The number of benzene rings is 2. The third-order valence-corrected chi connectivity index (χ3v) is 3.66. The maximum atomic E-state index is 13.0. The Bertz CT molecular complexity index is 614. The van der Waals surface area contributed by atoms with Crippen molar-refractivity contribution in [3.8, 4) is 5.75 Å². The van der Waals surface area contributed by atoms with E-state index < -0.39 is 0 Å². The van der Waals surface area contributed by atoms with Crippen LogP contribution in [0, 0.1) is 13.0 Å². The molecule has 1 N–H and O–H groups in total. The fraction of sp³-hybridized carbons (Fsp3) is 0. The van der Waals surface area contributed by atoms with Crippen molar-refractivity contribution >= 4 is 57.1 Å². The van der Waals surface area contributed by atoms with Crippen molar-refractivity contribution in [3.63, 3.8) is 0 Å². The van der Waals surface area contributed by atoms with Gasteiger partial charge in [-0.05, 0) is 75.5 Å². The summed E-state index contributed by atoms with van der Waals surface area (Å²) >= 11 is 4.23. The SMILES string of the molecule is Oc1c(I)cc(I)cc1C=Nc1cccc(F)c1. The van der Waals surface area contributed by atoms with Gasteiger partial charge in [0.15, 0.2) is 0 Å². The third kappa shape index (κ3) is 3.41. The number of nitrogens with zero attached hydrogens (tertiary/aromatic N) is 1. The van der Waals surface area contributed by atoms with E-state index in [1.54, 1.807) is 12.1 Å². The van der Waals surface area contributed by atoms with Crippen LogP contribution in [-0.4, -0.2) is 11.3 Å². The number of phenolic OH excluding ortho intramolecular Hbond substituents is 1. The van der Waals surface area contributed by atoms with Crippen LogP contribution in [0.1, 0.15) is 5.56 Å². The van der Waals surface area contributed by atoms with E-state index in [0.717, 1.165) is 7.14 Å². The Morgan fingerprint density at radius 3 is 2.67 bits per heavy atom. The molecule has 0 saturated heterocycles. The molecule has 0 fully saturated rings. The van der Waals surface area contributed by atoms with Crippen LogP contribution in [-0.2, 0) is 0 Å². The van der Waals surface area contributed by atoms with Gasteiger partial charge in [0.25, 0.3) is 0 Å². The summed E-state index contributed by atoms with van der Waals surface area (Å²) in [6, 6.07) is 9.70. The Kier molecular flexibility index (Phi) is 4.55. The monoisotopic (exact) mass is 467 g/mol. The summed E-state index contributed by atoms with van der Waals surface area (Å²) in [5, 5.41) is 9.88. The second-order valence-corrected chi connectivity index (χ2v) is 5.97. The van der Waals surface area contributed by atoms with Crippen molar-refractivity contribution in [3.05, 3.63) is 54.9 Å². The van der Waals surface area contributed by atoms with E-state index in [9.17, 15) is 9.50 Å². The number of aromatic hydroxyl groups is 1. The number of aliphatic imine (C=N–C) groups is 1. The second-order valence-electron chi connectivity index (χ2n) is 3.56. The van der Waals surface area contributed by atoms with E-state index in [1.165, 1.54) is 18.3 Å². The third-order valence-electron chi connectivity index (χ3n) is 2.22. The minimum absolute atomic E-state index is 0.191. The van der Waals surface area contributed by atoms with Gasteiger partial charge in [0, 0.05) is 15.3 Å². The molecule has 5 heteroatoms. The number of hydrogen-bond donors (Lipinski definition) is 1. The minimum Gasteiger partial charge on any atom is -0.506 e. The Labute approximate surface area is 131 Å². The standard InChI is InChI=1S/C13H8FI2NO/c14-9-2-1-3-11(5-9)17-7-8-4-10(15)6-12(16)13(8)18/h1-7,18H. The van der Waals surface area contributed by atoms with Gasteiger partial charge in [-0.3, -0.25) is 4.99 Å². The normalized spacial score (nSPS) is 11.1. The van der Waals surface area contributed by atoms with Gasteiger partial charge in [-0.15, -0.1) is 0 Å². The first-order chi connectivity index (χ1) is 8.56. The lowest BCUT2D eigenvalue weighted by Crippen LogP contribution is -1.87. The Morgan fingerprint density at radius 2 is 1.94 bits per heavy atom. The van der Waals surface area contributed by atoms with Crippen molar-refractivity contribution in [2.45, 2.75) is 0 Å². The topological polar surface area (TPSA) is 32.6 Å². The molecule has 0 heterocycles. The molecule has 2 aromatic rings. The van der Waals surface area contributed by atoms with Crippen LogP contribution < -0.4 is 0 Å². The smallest absolute Gasteiger partial charge is 0.137 e. The molecule has 2 rings (SSSR count). The minimum atomic E-state index is -0.328. The van der Waals surface area contributed by atoms with Gasteiger partial charge in [0.1, 0.15) is 11.6 Å². The van der Waals surface area contributed by atoms with Gasteiger partial charge in [0.05, 0.1) is 9.26 Å². The highest BCUT2D eigenvalue weighted by atomic mass is 127. The van der Waals surface area contributed by atoms with E-state index in [4.69, 9.17) is 0 Å². The van der Waals surface area contributed by atoms with Gasteiger partial charge in [0.2, 0.25) is 0 Å². The number of phenols is 1. The van der Waals surface area contributed by atoms with E-state index in [0.29, 0.717) is 11.3 Å². The van der Waals surface area contributed by atoms with Gasteiger partial charge >= 0.3 is 0 Å². The largest absolute Gasteiger partial charge is 0.506 e. The van der Waals surface area contributed by atoms with Crippen LogP contribution in [0.3, 0.4) is 0 Å². The van der Waals surface area contributed by atoms with Gasteiger partial charge in [-0.25, -0.2) is 4.39 Å². The Morgan fingerprint density at radius 1 is 1.17 bits per heavy atom. The lowest BCUT2D eigenvalue weighted by atomic mass is 10.2. The van der Waals surface area contributed by atoms with Crippen molar-refractivity contribution in [1.29, 1.82) is 0 Å². The zero-order valence-electron chi connectivity index (χ0n) is 9.07. The zero-order chi connectivity index (χ0) is 13.1. The number of rotatable bonds is 2. The van der Waals surface area contributed by atoms with Crippen LogP contribution in [0.2, 0.25) is 0 Å². The molecule has 0 aliphatic rings. The molecule has 2 nitrogen and oxygen atoms in total.